The van der Waals surface area contributed by atoms with Crippen molar-refractivity contribution in [1.82, 2.24) is 4.98 Å². The van der Waals surface area contributed by atoms with Crippen molar-refractivity contribution in [3.63, 3.8) is 0 Å². The summed E-state index contributed by atoms with van der Waals surface area (Å²) < 4.78 is 0.562. The van der Waals surface area contributed by atoms with Gasteiger partial charge in [0.1, 0.15) is 15.4 Å². The summed E-state index contributed by atoms with van der Waals surface area (Å²) in [6.07, 6.45) is 0.756. The highest BCUT2D eigenvalue weighted by Gasteiger charge is 2.18. The van der Waals surface area contributed by atoms with E-state index >= 15 is 0 Å². The van der Waals surface area contributed by atoms with Crippen molar-refractivity contribution >= 4 is 45.9 Å². The topological polar surface area (TPSA) is 33.1 Å². The summed E-state index contributed by atoms with van der Waals surface area (Å²) in [7, 11) is 0. The van der Waals surface area contributed by atoms with Crippen LogP contribution in [0.5, 0.6) is 0 Å². The third kappa shape index (κ3) is 1.94. The average Bonchev–Trinajstić information content (AvgIpc) is 2.73. The van der Waals surface area contributed by atoms with Gasteiger partial charge in [0.05, 0.1) is 16.1 Å². The summed E-state index contributed by atoms with van der Waals surface area (Å²) in [5, 5.41) is 12.9. The first-order chi connectivity index (χ1) is 6.68. The second kappa shape index (κ2) is 4.16. The van der Waals surface area contributed by atoms with Crippen LogP contribution in [-0.4, -0.2) is 10.1 Å². The number of nitrogens with zero attached hydrogens (tertiary/aromatic N) is 1. The zero-order valence-corrected chi connectivity index (χ0v) is 9.92. The van der Waals surface area contributed by atoms with Gasteiger partial charge in [-0.15, -0.1) is 22.7 Å². The molecule has 0 radical (unpaired) electrons. The molecule has 0 aliphatic rings. The van der Waals surface area contributed by atoms with Gasteiger partial charge in [-0.25, -0.2) is 4.98 Å². The van der Waals surface area contributed by atoms with E-state index in [9.17, 15) is 5.11 Å². The molecule has 74 valence electrons. The molecule has 14 heavy (non-hydrogen) atoms. The number of aromatic nitrogens is 1. The molecular formula is C8H5Cl2NOS2. The van der Waals surface area contributed by atoms with Crippen LogP contribution in [0.25, 0.3) is 0 Å². The molecule has 2 aromatic heterocycles. The van der Waals surface area contributed by atoms with Crippen molar-refractivity contribution in [2.45, 2.75) is 6.10 Å². The minimum atomic E-state index is -0.764. The van der Waals surface area contributed by atoms with Crippen LogP contribution in [0, 0.1) is 0 Å². The summed E-state index contributed by atoms with van der Waals surface area (Å²) in [5.41, 5.74) is 0. The molecule has 0 bridgehead atoms. The minimum Gasteiger partial charge on any atom is -0.380 e. The second-order valence-corrected chi connectivity index (χ2v) is 5.59. The second-order valence-electron chi connectivity index (χ2n) is 2.54. The van der Waals surface area contributed by atoms with Crippen LogP contribution < -0.4 is 0 Å². The van der Waals surface area contributed by atoms with E-state index in [1.807, 2.05) is 5.38 Å². The van der Waals surface area contributed by atoms with E-state index in [0.29, 0.717) is 19.2 Å². The first kappa shape index (κ1) is 10.4. The smallest absolute Gasteiger partial charge is 0.141 e. The number of thiazole rings is 1. The molecule has 2 heterocycles. The Morgan fingerprint density at radius 2 is 2.21 bits per heavy atom. The fourth-order valence-corrected chi connectivity index (χ4v) is 3.15. The number of hydrogen-bond acceptors (Lipinski definition) is 4. The number of aliphatic hydroxyl groups is 1. The molecule has 1 unspecified atom stereocenters. The van der Waals surface area contributed by atoms with E-state index in [2.05, 4.69) is 4.98 Å². The van der Waals surface area contributed by atoms with Crippen molar-refractivity contribution in [3.05, 3.63) is 36.9 Å². The van der Waals surface area contributed by atoms with Crippen LogP contribution in [0.3, 0.4) is 0 Å². The average molecular weight is 266 g/mol. The van der Waals surface area contributed by atoms with Gasteiger partial charge >= 0.3 is 0 Å². The molecule has 2 nitrogen and oxygen atoms in total. The van der Waals surface area contributed by atoms with E-state index in [-0.39, 0.29) is 0 Å². The molecule has 2 aromatic rings. The van der Waals surface area contributed by atoms with Crippen LogP contribution in [0.1, 0.15) is 16.0 Å². The molecule has 1 N–H and O–H groups in total. The number of rotatable bonds is 2. The van der Waals surface area contributed by atoms with Gasteiger partial charge in [-0.2, -0.15) is 0 Å². The highest BCUT2D eigenvalue weighted by Crippen LogP contribution is 2.35. The van der Waals surface area contributed by atoms with Crippen LogP contribution >= 0.6 is 45.9 Å². The Morgan fingerprint density at radius 3 is 2.71 bits per heavy atom. The van der Waals surface area contributed by atoms with E-state index in [1.54, 1.807) is 6.07 Å². The molecule has 0 saturated heterocycles. The predicted octanol–water partition coefficient (Wildman–Crippen LogP) is 3.59. The van der Waals surface area contributed by atoms with Gasteiger partial charge in [0.2, 0.25) is 0 Å². The van der Waals surface area contributed by atoms with Gasteiger partial charge in [-0.3, -0.25) is 0 Å². The molecule has 0 fully saturated rings. The molecule has 6 heteroatoms. The lowest BCUT2D eigenvalue weighted by atomic mass is 10.3. The first-order valence-electron chi connectivity index (χ1n) is 3.70. The number of aliphatic hydroxyl groups excluding tert-OH is 1. The van der Waals surface area contributed by atoms with Crippen LogP contribution in [0.2, 0.25) is 9.36 Å². The minimum absolute atomic E-state index is 0.562. The predicted molar refractivity (Wildman–Crippen MR) is 60.5 cm³/mol. The van der Waals surface area contributed by atoms with Crippen molar-refractivity contribution in [2.24, 2.45) is 0 Å². The van der Waals surface area contributed by atoms with Gasteiger partial charge in [-0.05, 0) is 11.4 Å². The Morgan fingerprint density at radius 1 is 1.43 bits per heavy atom. The van der Waals surface area contributed by atoms with E-state index in [4.69, 9.17) is 23.2 Å². The molecule has 0 saturated carbocycles. The maximum absolute atomic E-state index is 9.89. The van der Waals surface area contributed by atoms with Crippen LogP contribution in [-0.2, 0) is 0 Å². The fourth-order valence-electron chi connectivity index (χ4n) is 1.01. The first-order valence-corrected chi connectivity index (χ1v) is 6.16. The lowest BCUT2D eigenvalue weighted by Crippen LogP contribution is -1.96. The zero-order valence-electron chi connectivity index (χ0n) is 6.78. The molecule has 0 spiro atoms. The lowest BCUT2D eigenvalue weighted by Gasteiger charge is -2.04. The summed E-state index contributed by atoms with van der Waals surface area (Å²) in [6, 6.07) is 1.75. The summed E-state index contributed by atoms with van der Waals surface area (Å²) in [6.45, 7) is 0. The summed E-state index contributed by atoms with van der Waals surface area (Å²) >= 11 is 14.3. The van der Waals surface area contributed by atoms with E-state index < -0.39 is 6.10 Å². The normalized spacial score (nSPS) is 13.1. The third-order valence-electron chi connectivity index (χ3n) is 1.62. The Hall–Kier alpha value is -0.130. The van der Waals surface area contributed by atoms with Crippen molar-refractivity contribution in [3.8, 4) is 0 Å². The van der Waals surface area contributed by atoms with Crippen molar-refractivity contribution < 1.29 is 5.11 Å². The number of hydrogen-bond donors (Lipinski definition) is 1. The van der Waals surface area contributed by atoms with Gasteiger partial charge in [0.25, 0.3) is 0 Å². The Bertz CT molecular complexity index is 440. The SMILES string of the molecule is OC(c1ncc(Cl)s1)c1sccc1Cl. The molecule has 0 amide bonds. The molecule has 1 atom stereocenters. The lowest BCUT2D eigenvalue weighted by molar-refractivity contribution is 0.223. The van der Waals surface area contributed by atoms with Gasteiger partial charge < -0.3 is 5.11 Å². The quantitative estimate of drug-likeness (QED) is 0.901. The molecule has 0 aliphatic heterocycles. The molecule has 2 rings (SSSR count). The molecule has 0 aromatic carbocycles. The largest absolute Gasteiger partial charge is 0.380 e. The Kier molecular flexibility index (Phi) is 3.09. The monoisotopic (exact) mass is 265 g/mol. The zero-order chi connectivity index (χ0) is 10.1. The molecular weight excluding hydrogens is 261 g/mol. The summed E-state index contributed by atoms with van der Waals surface area (Å²) in [4.78, 5) is 4.70. The third-order valence-corrected chi connectivity index (χ3v) is 4.20. The maximum Gasteiger partial charge on any atom is 0.141 e. The highest BCUT2D eigenvalue weighted by atomic mass is 35.5. The van der Waals surface area contributed by atoms with Gasteiger partial charge in [0.15, 0.2) is 0 Å². The van der Waals surface area contributed by atoms with Gasteiger partial charge in [-0.1, -0.05) is 23.2 Å². The standard InChI is InChI=1S/C8H5Cl2NOS2/c9-4-1-2-13-7(4)6(12)8-11-3-5(10)14-8/h1-3,6,12H. The Labute approximate surface area is 98.8 Å². The van der Waals surface area contributed by atoms with Gasteiger partial charge in [0, 0.05) is 0 Å². The van der Waals surface area contributed by atoms with Crippen LogP contribution in [0.4, 0.5) is 0 Å². The maximum atomic E-state index is 9.89. The van der Waals surface area contributed by atoms with E-state index in [1.165, 1.54) is 28.9 Å². The fraction of sp³-hybridized carbons (Fsp3) is 0.125. The van der Waals surface area contributed by atoms with Crippen LogP contribution in [0.15, 0.2) is 17.6 Å². The Balaban J connectivity index is 2.33. The highest BCUT2D eigenvalue weighted by molar-refractivity contribution is 7.16. The summed E-state index contributed by atoms with van der Waals surface area (Å²) in [5.74, 6) is 0. The molecule has 0 aliphatic carbocycles. The van der Waals surface area contributed by atoms with Crippen molar-refractivity contribution in [2.75, 3.05) is 0 Å². The number of thiophene rings is 1. The number of halogens is 2. The van der Waals surface area contributed by atoms with E-state index in [0.717, 1.165) is 0 Å². The van der Waals surface area contributed by atoms with Crippen molar-refractivity contribution in [1.29, 1.82) is 0 Å².